The van der Waals surface area contributed by atoms with Crippen molar-refractivity contribution in [3.8, 4) is 0 Å². The van der Waals surface area contributed by atoms with Crippen LogP contribution >= 0.6 is 11.8 Å². The summed E-state index contributed by atoms with van der Waals surface area (Å²) >= 11 is 2.07. The second-order valence-corrected chi connectivity index (χ2v) is 7.99. The Morgan fingerprint density at radius 2 is 1.84 bits per heavy atom. The van der Waals surface area contributed by atoms with Gasteiger partial charge >= 0.3 is 0 Å². The average Bonchev–Trinajstić information content (AvgIpc) is 2.54. The molecule has 0 radical (unpaired) electrons. The number of rotatable bonds is 0. The number of hydrogen-bond acceptors (Lipinski definition) is 2. The van der Waals surface area contributed by atoms with Crippen LogP contribution in [0.25, 0.3) is 0 Å². The van der Waals surface area contributed by atoms with Crippen LogP contribution < -0.4 is 4.90 Å². The van der Waals surface area contributed by atoms with E-state index in [1.54, 1.807) is 0 Å². The van der Waals surface area contributed by atoms with E-state index >= 15 is 0 Å². The molecule has 1 saturated carbocycles. The van der Waals surface area contributed by atoms with Crippen molar-refractivity contribution < 1.29 is 0 Å². The highest BCUT2D eigenvalue weighted by Gasteiger charge is 2.38. The van der Waals surface area contributed by atoms with Crippen LogP contribution in [0.2, 0.25) is 0 Å². The number of nitrogens with zero attached hydrogens (tertiary/aromatic N) is 1. The zero-order chi connectivity index (χ0) is 13.5. The molecule has 19 heavy (non-hydrogen) atoms. The van der Waals surface area contributed by atoms with Crippen molar-refractivity contribution in [2.45, 2.75) is 62.9 Å². The van der Waals surface area contributed by atoms with Crippen molar-refractivity contribution in [3.63, 3.8) is 0 Å². The average molecular weight is 275 g/mol. The number of benzene rings is 1. The maximum atomic E-state index is 2.73. The second-order valence-electron chi connectivity index (χ2n) is 6.93. The minimum absolute atomic E-state index is 0.210. The minimum Gasteiger partial charge on any atom is -0.362 e. The predicted octanol–water partition coefficient (Wildman–Crippen LogP) is 4.96. The van der Waals surface area contributed by atoms with E-state index in [0.29, 0.717) is 0 Å². The Balaban J connectivity index is 2.07. The van der Waals surface area contributed by atoms with Gasteiger partial charge in [0.25, 0.3) is 0 Å². The van der Waals surface area contributed by atoms with E-state index in [-0.39, 0.29) is 5.54 Å². The maximum Gasteiger partial charge on any atom is 0.0511 e. The van der Waals surface area contributed by atoms with Crippen molar-refractivity contribution in [2.75, 3.05) is 10.7 Å². The molecule has 0 saturated heterocycles. The van der Waals surface area contributed by atoms with E-state index in [0.717, 1.165) is 12.0 Å². The molecule has 0 aromatic heterocycles. The molecular weight excluding hydrogens is 250 g/mol. The third-order valence-electron chi connectivity index (χ3n) is 4.50. The molecule has 1 aliphatic heterocycles. The zero-order valence-electron chi connectivity index (χ0n) is 12.4. The van der Waals surface area contributed by atoms with Gasteiger partial charge in [0.05, 0.1) is 5.69 Å². The molecule has 1 aromatic carbocycles. The predicted molar refractivity (Wildman–Crippen MR) is 85.1 cm³/mol. The molecule has 2 heteroatoms. The summed E-state index contributed by atoms with van der Waals surface area (Å²) in [6.07, 6.45) is 5.62. The van der Waals surface area contributed by atoms with Crippen LogP contribution in [-0.2, 0) is 0 Å². The Labute approximate surface area is 121 Å². The summed E-state index contributed by atoms with van der Waals surface area (Å²) in [5.41, 5.74) is 1.68. The van der Waals surface area contributed by atoms with Gasteiger partial charge in [-0.25, -0.2) is 0 Å². The molecule has 1 nitrogen and oxygen atoms in total. The summed E-state index contributed by atoms with van der Waals surface area (Å²) in [6, 6.07) is 9.74. The standard InChI is InChI=1S/C17H25NS/c1-17(2,3)18-14-9-5-4-8-13(14)12-19-16-11-7-6-10-15(16)18/h6-7,10-11,13-14H,4-5,8-9,12H2,1-3H3. The molecule has 1 fully saturated rings. The fourth-order valence-electron chi connectivity index (χ4n) is 3.73. The summed E-state index contributed by atoms with van der Waals surface area (Å²) in [4.78, 5) is 4.21. The van der Waals surface area contributed by atoms with Gasteiger partial charge in [0.15, 0.2) is 0 Å². The fraction of sp³-hybridized carbons (Fsp3) is 0.647. The van der Waals surface area contributed by atoms with Gasteiger partial charge in [-0.15, -0.1) is 11.8 Å². The molecule has 104 valence electrons. The van der Waals surface area contributed by atoms with Gasteiger partial charge in [-0.05, 0) is 51.7 Å². The van der Waals surface area contributed by atoms with Crippen molar-refractivity contribution >= 4 is 17.4 Å². The topological polar surface area (TPSA) is 3.24 Å². The summed E-state index contributed by atoms with van der Waals surface area (Å²) in [6.45, 7) is 7.10. The second kappa shape index (κ2) is 5.05. The molecule has 1 heterocycles. The van der Waals surface area contributed by atoms with E-state index in [2.05, 4.69) is 61.7 Å². The van der Waals surface area contributed by atoms with Crippen LogP contribution in [0.15, 0.2) is 29.2 Å². The van der Waals surface area contributed by atoms with Crippen LogP contribution in [0.1, 0.15) is 46.5 Å². The molecule has 0 N–H and O–H groups in total. The van der Waals surface area contributed by atoms with E-state index in [9.17, 15) is 0 Å². The van der Waals surface area contributed by atoms with E-state index in [1.807, 2.05) is 0 Å². The SMILES string of the molecule is CC(C)(C)N1c2ccccc2SCC2CCCCC21. The molecule has 3 rings (SSSR count). The lowest BCUT2D eigenvalue weighted by Crippen LogP contribution is -2.52. The number of fused-ring (bicyclic) bond motifs is 2. The highest BCUT2D eigenvalue weighted by atomic mass is 32.2. The highest BCUT2D eigenvalue weighted by molar-refractivity contribution is 7.99. The van der Waals surface area contributed by atoms with Crippen molar-refractivity contribution in [3.05, 3.63) is 24.3 Å². The number of thioether (sulfide) groups is 1. The van der Waals surface area contributed by atoms with E-state index < -0.39 is 0 Å². The molecule has 0 spiro atoms. The Morgan fingerprint density at radius 3 is 2.63 bits per heavy atom. The first-order valence-corrected chi connectivity index (χ1v) is 8.57. The Bertz CT molecular complexity index is 449. The fourth-order valence-corrected chi connectivity index (χ4v) is 5.01. The summed E-state index contributed by atoms with van der Waals surface area (Å²) in [5.74, 6) is 2.17. The number of anilines is 1. The van der Waals surface area contributed by atoms with Crippen LogP contribution in [0, 0.1) is 5.92 Å². The van der Waals surface area contributed by atoms with Gasteiger partial charge in [-0.1, -0.05) is 25.0 Å². The molecule has 0 amide bonds. The van der Waals surface area contributed by atoms with Crippen LogP contribution in [-0.4, -0.2) is 17.3 Å². The Morgan fingerprint density at radius 1 is 1.11 bits per heavy atom. The Kier molecular flexibility index (Phi) is 3.55. The highest BCUT2D eigenvalue weighted by Crippen LogP contribution is 2.45. The zero-order valence-corrected chi connectivity index (χ0v) is 13.2. The van der Waals surface area contributed by atoms with Gasteiger partial charge in [-0.2, -0.15) is 0 Å². The van der Waals surface area contributed by atoms with Crippen molar-refractivity contribution in [1.29, 1.82) is 0 Å². The van der Waals surface area contributed by atoms with Gasteiger partial charge in [0, 0.05) is 22.2 Å². The normalized spacial score (nSPS) is 27.4. The lowest BCUT2D eigenvalue weighted by atomic mass is 9.82. The van der Waals surface area contributed by atoms with Gasteiger partial charge in [0.2, 0.25) is 0 Å². The third kappa shape index (κ3) is 2.52. The molecule has 0 bridgehead atoms. The monoisotopic (exact) mass is 275 g/mol. The van der Waals surface area contributed by atoms with Gasteiger partial charge in [-0.3, -0.25) is 0 Å². The van der Waals surface area contributed by atoms with Crippen molar-refractivity contribution in [1.82, 2.24) is 0 Å². The summed E-state index contributed by atoms with van der Waals surface area (Å²) < 4.78 is 0. The van der Waals surface area contributed by atoms with E-state index in [1.165, 1.54) is 42.0 Å². The first-order valence-electron chi connectivity index (χ1n) is 7.58. The molecular formula is C17H25NS. The minimum atomic E-state index is 0.210. The van der Waals surface area contributed by atoms with Crippen LogP contribution in [0.3, 0.4) is 0 Å². The van der Waals surface area contributed by atoms with Crippen LogP contribution in [0.5, 0.6) is 0 Å². The number of para-hydroxylation sites is 1. The molecule has 2 aliphatic rings. The third-order valence-corrected chi connectivity index (χ3v) is 5.75. The molecule has 2 unspecified atom stereocenters. The first kappa shape index (κ1) is 13.4. The lowest BCUT2D eigenvalue weighted by molar-refractivity contribution is 0.282. The summed E-state index contributed by atoms with van der Waals surface area (Å²) in [5, 5.41) is 0. The quantitative estimate of drug-likeness (QED) is 0.658. The molecule has 1 aliphatic carbocycles. The summed E-state index contributed by atoms with van der Waals surface area (Å²) in [7, 11) is 0. The molecule has 2 atom stereocenters. The maximum absolute atomic E-state index is 2.73. The lowest BCUT2D eigenvalue weighted by Gasteiger charge is -2.47. The Hall–Kier alpha value is -0.630. The van der Waals surface area contributed by atoms with Gasteiger partial charge in [0.1, 0.15) is 0 Å². The largest absolute Gasteiger partial charge is 0.362 e. The molecule has 1 aromatic rings. The van der Waals surface area contributed by atoms with Gasteiger partial charge < -0.3 is 4.90 Å². The smallest absolute Gasteiger partial charge is 0.0511 e. The van der Waals surface area contributed by atoms with E-state index in [4.69, 9.17) is 0 Å². The number of hydrogen-bond donors (Lipinski definition) is 0. The van der Waals surface area contributed by atoms with Crippen molar-refractivity contribution in [2.24, 2.45) is 5.92 Å². The van der Waals surface area contributed by atoms with Crippen LogP contribution in [0.4, 0.5) is 5.69 Å². The first-order chi connectivity index (χ1) is 9.07.